The minimum Gasteiger partial charge on any atom is -0.388 e. The van der Waals surface area contributed by atoms with Crippen molar-refractivity contribution in [3.8, 4) is 0 Å². The summed E-state index contributed by atoms with van der Waals surface area (Å²) >= 11 is 3.52. The van der Waals surface area contributed by atoms with Gasteiger partial charge in [-0.05, 0) is 68.1 Å². The largest absolute Gasteiger partial charge is 0.388 e. The Balaban J connectivity index is 1.61. The third-order valence-corrected chi connectivity index (χ3v) is 5.91. The van der Waals surface area contributed by atoms with E-state index in [1.54, 1.807) is 0 Å². The normalized spacial score (nSPS) is 43.5. The summed E-state index contributed by atoms with van der Waals surface area (Å²) in [6.07, 6.45) is 5.99. The number of nitrogens with one attached hydrogen (secondary N) is 1. The second-order valence-electron chi connectivity index (χ2n) is 6.84. The highest BCUT2D eigenvalue weighted by Gasteiger charge is 2.56. The van der Waals surface area contributed by atoms with Crippen LogP contribution in [0.2, 0.25) is 0 Å². The number of hydrogen-bond acceptors (Lipinski definition) is 2. The molecule has 2 nitrogen and oxygen atoms in total. The van der Waals surface area contributed by atoms with Gasteiger partial charge in [-0.3, -0.25) is 0 Å². The molecule has 4 bridgehead atoms. The Labute approximate surface area is 122 Å². The van der Waals surface area contributed by atoms with E-state index in [4.69, 9.17) is 0 Å². The van der Waals surface area contributed by atoms with E-state index in [9.17, 15) is 5.11 Å². The van der Waals surface area contributed by atoms with Gasteiger partial charge in [-0.15, -0.1) is 0 Å². The summed E-state index contributed by atoms with van der Waals surface area (Å²) in [5, 5.41) is 14.6. The van der Waals surface area contributed by atoms with Gasteiger partial charge in [-0.1, -0.05) is 22.0 Å². The fourth-order valence-corrected chi connectivity index (χ4v) is 5.41. The molecule has 5 atom stereocenters. The molecule has 4 aliphatic carbocycles. The highest BCUT2D eigenvalue weighted by molar-refractivity contribution is 9.10. The molecule has 3 unspecified atom stereocenters. The minimum atomic E-state index is -0.461. The maximum absolute atomic E-state index is 11.0. The molecule has 2 N–H and O–H groups in total. The zero-order valence-electron chi connectivity index (χ0n) is 11.0. The summed E-state index contributed by atoms with van der Waals surface area (Å²) in [5.41, 5.74) is 0.664. The molecule has 1 aromatic carbocycles. The number of hydrogen-bond donors (Lipinski definition) is 2. The lowest BCUT2D eigenvalue weighted by atomic mass is 9.52. The van der Waals surface area contributed by atoms with Crippen molar-refractivity contribution in [2.45, 2.75) is 43.7 Å². The van der Waals surface area contributed by atoms with Gasteiger partial charge in [-0.2, -0.15) is 0 Å². The Morgan fingerprint density at radius 2 is 1.89 bits per heavy atom. The van der Waals surface area contributed by atoms with Gasteiger partial charge in [-0.25, -0.2) is 0 Å². The number of anilines is 1. The Hall–Kier alpha value is -0.540. The molecular formula is C16H20BrNO. The van der Waals surface area contributed by atoms with Gasteiger partial charge in [0.1, 0.15) is 0 Å². The SMILES string of the molecule is O[C@@]12CC3CC(C[C@H](C3)C1)C2Nc1cccc(Br)c1. The van der Waals surface area contributed by atoms with Crippen LogP contribution in [0.5, 0.6) is 0 Å². The molecule has 3 heteroatoms. The van der Waals surface area contributed by atoms with Gasteiger partial charge in [0.25, 0.3) is 0 Å². The second-order valence-corrected chi connectivity index (χ2v) is 7.76. The third-order valence-electron chi connectivity index (χ3n) is 5.42. The summed E-state index contributed by atoms with van der Waals surface area (Å²) in [5.74, 6) is 2.22. The van der Waals surface area contributed by atoms with Crippen LogP contribution in [-0.2, 0) is 0 Å². The molecule has 0 saturated heterocycles. The zero-order valence-corrected chi connectivity index (χ0v) is 12.6. The van der Waals surface area contributed by atoms with Gasteiger partial charge >= 0.3 is 0 Å². The summed E-state index contributed by atoms with van der Waals surface area (Å²) in [6.45, 7) is 0. The van der Waals surface area contributed by atoms with Crippen LogP contribution < -0.4 is 5.32 Å². The molecule has 19 heavy (non-hydrogen) atoms. The lowest BCUT2D eigenvalue weighted by molar-refractivity contribution is -0.133. The Morgan fingerprint density at radius 3 is 2.53 bits per heavy atom. The van der Waals surface area contributed by atoms with Crippen LogP contribution in [-0.4, -0.2) is 16.7 Å². The molecule has 0 amide bonds. The van der Waals surface area contributed by atoms with Crippen LogP contribution in [0.3, 0.4) is 0 Å². The third kappa shape index (κ3) is 2.02. The molecule has 0 aromatic heterocycles. The average molecular weight is 322 g/mol. The van der Waals surface area contributed by atoms with E-state index in [-0.39, 0.29) is 6.04 Å². The quantitative estimate of drug-likeness (QED) is 0.868. The van der Waals surface area contributed by atoms with Crippen molar-refractivity contribution in [2.24, 2.45) is 17.8 Å². The van der Waals surface area contributed by atoms with Crippen molar-refractivity contribution in [3.63, 3.8) is 0 Å². The van der Waals surface area contributed by atoms with E-state index in [0.717, 1.165) is 34.8 Å². The first-order valence-corrected chi connectivity index (χ1v) is 8.16. The topological polar surface area (TPSA) is 32.3 Å². The molecule has 5 rings (SSSR count). The fourth-order valence-electron chi connectivity index (χ4n) is 5.01. The zero-order chi connectivity index (χ0) is 13.0. The van der Waals surface area contributed by atoms with Crippen LogP contribution in [0.4, 0.5) is 5.69 Å². The fraction of sp³-hybridized carbons (Fsp3) is 0.625. The first kappa shape index (κ1) is 12.2. The van der Waals surface area contributed by atoms with E-state index >= 15 is 0 Å². The first-order valence-electron chi connectivity index (χ1n) is 7.37. The monoisotopic (exact) mass is 321 g/mol. The summed E-state index contributed by atoms with van der Waals surface area (Å²) in [6, 6.07) is 8.53. The number of aliphatic hydroxyl groups is 1. The average Bonchev–Trinajstić information content (AvgIpc) is 2.32. The first-order chi connectivity index (χ1) is 9.12. The van der Waals surface area contributed by atoms with Gasteiger partial charge in [0.15, 0.2) is 0 Å². The smallest absolute Gasteiger partial charge is 0.0855 e. The van der Waals surface area contributed by atoms with Crippen molar-refractivity contribution < 1.29 is 5.11 Å². The Kier molecular flexibility index (Phi) is 2.72. The summed E-state index contributed by atoms with van der Waals surface area (Å²) in [7, 11) is 0. The van der Waals surface area contributed by atoms with Gasteiger partial charge in [0.05, 0.1) is 11.6 Å². The maximum atomic E-state index is 11.0. The molecule has 102 valence electrons. The van der Waals surface area contributed by atoms with Crippen molar-refractivity contribution >= 4 is 21.6 Å². The van der Waals surface area contributed by atoms with E-state index < -0.39 is 5.60 Å². The molecule has 4 fully saturated rings. The molecule has 4 saturated carbocycles. The number of rotatable bonds is 2. The van der Waals surface area contributed by atoms with E-state index in [0.29, 0.717) is 5.92 Å². The highest BCUT2D eigenvalue weighted by Crippen LogP contribution is 2.56. The van der Waals surface area contributed by atoms with E-state index in [2.05, 4.69) is 33.4 Å². The maximum Gasteiger partial charge on any atom is 0.0855 e. The van der Waals surface area contributed by atoms with Gasteiger partial charge in [0, 0.05) is 10.2 Å². The molecule has 4 aliphatic rings. The number of halogens is 1. The standard InChI is InChI=1S/C16H20BrNO/c17-13-2-1-3-14(7-13)18-15-12-5-10-4-11(6-12)9-16(15,19)8-10/h1-3,7,10-12,15,18-19H,4-6,8-9H2/t10-,11?,12?,15?,16+/m0/s1. The molecule has 0 heterocycles. The summed E-state index contributed by atoms with van der Waals surface area (Å²) < 4.78 is 1.09. The van der Waals surface area contributed by atoms with Crippen molar-refractivity contribution in [3.05, 3.63) is 28.7 Å². The predicted molar refractivity (Wildman–Crippen MR) is 80.1 cm³/mol. The van der Waals surface area contributed by atoms with Crippen LogP contribution in [0, 0.1) is 17.8 Å². The molecule has 1 aromatic rings. The Bertz CT molecular complexity index is 489. The molecular weight excluding hydrogens is 302 g/mol. The molecule has 0 aliphatic heterocycles. The van der Waals surface area contributed by atoms with Crippen molar-refractivity contribution in [1.82, 2.24) is 0 Å². The van der Waals surface area contributed by atoms with Crippen LogP contribution in [0.25, 0.3) is 0 Å². The minimum absolute atomic E-state index is 0.245. The van der Waals surface area contributed by atoms with Crippen LogP contribution in [0.1, 0.15) is 32.1 Å². The lowest BCUT2D eigenvalue weighted by Crippen LogP contribution is -2.63. The highest BCUT2D eigenvalue weighted by atomic mass is 79.9. The van der Waals surface area contributed by atoms with E-state index in [1.165, 1.54) is 19.3 Å². The second kappa shape index (κ2) is 4.23. The van der Waals surface area contributed by atoms with Crippen LogP contribution >= 0.6 is 15.9 Å². The Morgan fingerprint density at radius 1 is 1.16 bits per heavy atom. The van der Waals surface area contributed by atoms with Crippen molar-refractivity contribution in [2.75, 3.05) is 5.32 Å². The predicted octanol–water partition coefficient (Wildman–Crippen LogP) is 3.80. The lowest BCUT2D eigenvalue weighted by Gasteiger charge is -2.59. The van der Waals surface area contributed by atoms with Gasteiger partial charge < -0.3 is 10.4 Å². The number of benzene rings is 1. The van der Waals surface area contributed by atoms with Gasteiger partial charge in [0.2, 0.25) is 0 Å². The molecule has 0 spiro atoms. The molecule has 0 radical (unpaired) electrons. The van der Waals surface area contributed by atoms with Crippen molar-refractivity contribution in [1.29, 1.82) is 0 Å². The van der Waals surface area contributed by atoms with Crippen LogP contribution in [0.15, 0.2) is 28.7 Å². The van der Waals surface area contributed by atoms with E-state index in [1.807, 2.05) is 12.1 Å². The summed E-state index contributed by atoms with van der Waals surface area (Å²) in [4.78, 5) is 0.